The van der Waals surface area contributed by atoms with Gasteiger partial charge >= 0.3 is 0 Å². The number of hydrogen-bond donors (Lipinski definition) is 0. The van der Waals surface area contributed by atoms with Crippen LogP contribution in [0.1, 0.15) is 112 Å². The van der Waals surface area contributed by atoms with E-state index in [0.717, 1.165) is 39.6 Å². The fraction of sp³-hybridized carbons (Fsp3) is 0.267. The lowest BCUT2D eigenvalue weighted by Crippen LogP contribution is -2.60. The molecule has 0 saturated heterocycles. The fourth-order valence-corrected chi connectivity index (χ4v) is 10.9. The summed E-state index contributed by atoms with van der Waals surface area (Å²) in [5.74, 6) is 0. The van der Waals surface area contributed by atoms with Crippen molar-refractivity contribution in [1.29, 1.82) is 0 Å². The third kappa shape index (κ3) is 7.46. The molecule has 0 saturated carbocycles. The van der Waals surface area contributed by atoms with E-state index in [1.54, 1.807) is 0 Å². The predicted octanol–water partition coefficient (Wildman–Crippen LogP) is 15.6. The Balaban J connectivity index is 1.39. The summed E-state index contributed by atoms with van der Waals surface area (Å²) in [7, 11) is 0. The summed E-state index contributed by atoms with van der Waals surface area (Å²) in [6.07, 6.45) is 0. The second-order valence-electron chi connectivity index (χ2n) is 22.0. The van der Waals surface area contributed by atoms with Crippen LogP contribution in [0, 0.1) is 0 Å². The second-order valence-corrected chi connectivity index (χ2v) is 23.1. The molecule has 7 aromatic carbocycles. The average Bonchev–Trinajstić information content (AvgIpc) is 3.69. The molecule has 8 aromatic rings. The zero-order valence-corrected chi connectivity index (χ0v) is 40.8. The third-order valence-corrected chi connectivity index (χ3v) is 14.6. The Bertz CT molecular complexity index is 3340. The van der Waals surface area contributed by atoms with Gasteiger partial charge in [0, 0.05) is 54.7 Å². The summed E-state index contributed by atoms with van der Waals surface area (Å²) in [6, 6.07) is 44.3. The fourth-order valence-electron chi connectivity index (χ4n) is 9.64. The highest BCUT2D eigenvalue weighted by Crippen LogP contribution is 2.51. The Morgan fingerprint density at radius 2 is 0.985 bits per heavy atom. The summed E-state index contributed by atoms with van der Waals surface area (Å²) in [5, 5.41) is 1.18. The number of rotatable bonds is 5. The Morgan fingerprint density at radius 3 is 1.55 bits per heavy atom. The first-order valence-corrected chi connectivity index (χ1v) is 23.8. The van der Waals surface area contributed by atoms with Gasteiger partial charge in [0.2, 0.25) is 0 Å². The molecule has 0 atom stereocenters. The van der Waals surface area contributed by atoms with Gasteiger partial charge in [0.05, 0.1) is 18.2 Å². The maximum absolute atomic E-state index is 9.45. The van der Waals surface area contributed by atoms with Crippen LogP contribution < -0.4 is 30.4 Å². The van der Waals surface area contributed by atoms with E-state index in [9.17, 15) is 2.74 Å². The van der Waals surface area contributed by atoms with E-state index in [0.29, 0.717) is 11.4 Å². The van der Waals surface area contributed by atoms with Gasteiger partial charge < -0.3 is 14.7 Å². The van der Waals surface area contributed by atoms with Crippen LogP contribution in [0.3, 0.4) is 0 Å². The molecule has 3 heterocycles. The lowest BCUT2D eigenvalue weighted by molar-refractivity contribution is 0.590. The molecule has 0 aliphatic carbocycles. The van der Waals surface area contributed by atoms with E-state index in [-0.39, 0.29) is 58.2 Å². The maximum Gasteiger partial charge on any atom is 0.264 e. The van der Waals surface area contributed by atoms with Crippen LogP contribution in [0.25, 0.3) is 10.1 Å². The minimum Gasteiger partial charge on any atom is -0.311 e. The van der Waals surface area contributed by atoms with Gasteiger partial charge in [0.15, 0.2) is 0 Å². The summed E-state index contributed by atoms with van der Waals surface area (Å²) >= 11 is 1.88. The van der Waals surface area contributed by atoms with Gasteiger partial charge in [-0.3, -0.25) is 0 Å². The van der Waals surface area contributed by atoms with Gasteiger partial charge in [-0.1, -0.05) is 162 Å². The largest absolute Gasteiger partial charge is 0.311 e. The first-order chi connectivity index (χ1) is 32.8. The van der Waals surface area contributed by atoms with Gasteiger partial charge in [-0.05, 0) is 134 Å². The number of para-hydroxylation sites is 2. The highest BCUT2D eigenvalue weighted by atomic mass is 32.1. The van der Waals surface area contributed by atoms with E-state index < -0.39 is 6.04 Å². The number of fused-ring (bicyclic) bond motifs is 6. The van der Waals surface area contributed by atoms with Crippen LogP contribution in [0.4, 0.5) is 51.2 Å². The average molecular weight is 873 g/mol. The Morgan fingerprint density at radius 1 is 0.477 bits per heavy atom. The van der Waals surface area contributed by atoms with Crippen molar-refractivity contribution in [3.63, 3.8) is 0 Å². The Kier molecular flexibility index (Phi) is 8.75. The summed E-state index contributed by atoms with van der Waals surface area (Å²) in [4.78, 5) is 6.72. The molecule has 0 fully saturated rings. The van der Waals surface area contributed by atoms with Gasteiger partial charge in [-0.2, -0.15) is 0 Å². The van der Waals surface area contributed by atoms with Crippen LogP contribution in [-0.2, 0) is 21.7 Å². The van der Waals surface area contributed by atoms with Gasteiger partial charge in [-0.15, -0.1) is 11.3 Å². The normalized spacial score (nSPS) is 14.8. The van der Waals surface area contributed by atoms with Crippen LogP contribution in [0.5, 0.6) is 0 Å². The third-order valence-electron chi connectivity index (χ3n) is 13.3. The predicted molar refractivity (Wildman–Crippen MR) is 285 cm³/mol. The minimum atomic E-state index is -0.428. The number of nitrogens with zero attached hydrogens (tertiary/aromatic N) is 3. The van der Waals surface area contributed by atoms with Crippen molar-refractivity contribution in [1.82, 2.24) is 0 Å². The molecule has 65 heavy (non-hydrogen) atoms. The monoisotopic (exact) mass is 873 g/mol. The van der Waals surface area contributed by atoms with E-state index in [1.165, 1.54) is 42.6 Å². The molecule has 0 spiro atoms. The molecule has 5 heteroatoms. The van der Waals surface area contributed by atoms with E-state index >= 15 is 0 Å². The lowest BCUT2D eigenvalue weighted by Gasteiger charge is -2.44. The van der Waals surface area contributed by atoms with Gasteiger partial charge in [-0.25, -0.2) is 0 Å². The van der Waals surface area contributed by atoms with Crippen molar-refractivity contribution in [3.8, 4) is 0 Å². The number of benzene rings is 7. The smallest absolute Gasteiger partial charge is 0.264 e. The Labute approximate surface area is 399 Å². The van der Waals surface area contributed by atoms with Crippen LogP contribution in [0.2, 0.25) is 0 Å². The van der Waals surface area contributed by atoms with Gasteiger partial charge in [0.1, 0.15) is 0 Å². The van der Waals surface area contributed by atoms with Crippen molar-refractivity contribution < 1.29 is 6.85 Å². The van der Waals surface area contributed by atoms with E-state index in [2.05, 4.69) is 190 Å². The van der Waals surface area contributed by atoms with Crippen molar-refractivity contribution in [2.24, 2.45) is 0 Å². The summed E-state index contributed by atoms with van der Waals surface area (Å²) in [5.41, 5.74) is 14.6. The molecule has 2 aliphatic rings. The standard InChI is InChI=1S/C60H62BN3S/c1-57(2,3)39-23-29-45(30-24-39)63-50-33-27-42(60(10,11)12)36-49(50)61-54-51(63)37-47(62(43-19-15-13-16-20-43)44-21-17-14-18-22-44)38-52(54)64(46-31-25-40(26-32-46)58(4,5)6)55-48-35-41(59(7,8)9)28-34-53(48)65-56(55)61/h13-38H,1-12H3/i13D,15D,16D,19D,20D. The number of hydrogen-bond acceptors (Lipinski definition) is 4. The first-order valence-electron chi connectivity index (χ1n) is 25.5. The zero-order chi connectivity index (χ0) is 50.1. The van der Waals surface area contributed by atoms with E-state index in [1.807, 2.05) is 46.6 Å². The number of anilines is 9. The molecule has 0 bridgehead atoms. The molecule has 0 amide bonds. The second kappa shape index (κ2) is 15.3. The first kappa shape index (κ1) is 37.2. The molecule has 0 unspecified atom stereocenters. The molecule has 3 nitrogen and oxygen atoms in total. The molecule has 2 aliphatic heterocycles. The van der Waals surface area contributed by atoms with Crippen molar-refractivity contribution in [2.45, 2.75) is 105 Å². The summed E-state index contributed by atoms with van der Waals surface area (Å²) in [6.45, 7) is 27.0. The highest BCUT2D eigenvalue weighted by molar-refractivity contribution is 7.33. The molecule has 0 N–H and O–H groups in total. The quantitative estimate of drug-likeness (QED) is 0.160. The molecular weight excluding hydrogens is 806 g/mol. The topological polar surface area (TPSA) is 9.72 Å². The van der Waals surface area contributed by atoms with Crippen molar-refractivity contribution in [2.75, 3.05) is 14.7 Å². The SMILES string of the molecule is [2H]c1c([2H])c([2H])c(N(c2ccccc2)c2cc3c4c(c2)N(c2ccc(C(C)(C)C)cc2)c2c(sc5ccc(C(C)(C)C)cc25)B4c2cc(C(C)(C)C)ccc2N3c2ccc(C(C)(C)C)cc2)c([2H])c1[2H]. The van der Waals surface area contributed by atoms with Gasteiger partial charge in [0.25, 0.3) is 6.71 Å². The molecule has 326 valence electrons. The zero-order valence-electron chi connectivity index (χ0n) is 45.0. The minimum absolute atomic E-state index is 0.0578. The Hall–Kier alpha value is -6.04. The molecule has 1 aromatic heterocycles. The van der Waals surface area contributed by atoms with Crippen LogP contribution in [0.15, 0.2) is 158 Å². The van der Waals surface area contributed by atoms with Crippen LogP contribution >= 0.6 is 11.3 Å². The molecule has 10 rings (SSSR count). The lowest BCUT2D eigenvalue weighted by atomic mass is 9.36. The maximum atomic E-state index is 9.45. The molecular formula is C60H62BN3S. The van der Waals surface area contributed by atoms with E-state index in [4.69, 9.17) is 4.11 Å². The number of thiophene rings is 1. The summed E-state index contributed by atoms with van der Waals surface area (Å²) < 4.78 is 47.9. The van der Waals surface area contributed by atoms with Crippen LogP contribution in [-0.4, -0.2) is 6.71 Å². The van der Waals surface area contributed by atoms with Crippen molar-refractivity contribution in [3.05, 3.63) is 180 Å². The molecule has 0 radical (unpaired) electrons. The highest BCUT2D eigenvalue weighted by Gasteiger charge is 2.46. The van der Waals surface area contributed by atoms with Crippen molar-refractivity contribution >= 4 is 95.0 Å².